The minimum Gasteiger partial charge on any atom is -0.465 e. The van der Waals surface area contributed by atoms with Crippen LogP contribution in [0.3, 0.4) is 0 Å². The summed E-state index contributed by atoms with van der Waals surface area (Å²) in [5, 5.41) is 10.3. The number of amides is 1. The molecule has 1 amide bonds. The zero-order valence-corrected chi connectivity index (χ0v) is 4.96. The van der Waals surface area contributed by atoms with Gasteiger partial charge in [0.1, 0.15) is 0 Å². The molecule has 52 valence electrons. The summed E-state index contributed by atoms with van der Waals surface area (Å²) < 4.78 is 4.86. The van der Waals surface area contributed by atoms with Crippen molar-refractivity contribution < 1.29 is 14.6 Å². The Balaban J connectivity index is 1.86. The summed E-state index contributed by atoms with van der Waals surface area (Å²) in [6, 6.07) is 0. The van der Waals surface area contributed by atoms with E-state index in [9.17, 15) is 4.79 Å². The standard InChI is InChI=1S/C5H9NO3/c7-5(8)6-2-1-4-3-9-4/h4,6H,1-3H2,(H,7,8). The number of hydrogen-bond donors (Lipinski definition) is 2. The van der Waals surface area contributed by atoms with E-state index in [1.165, 1.54) is 0 Å². The summed E-state index contributed by atoms with van der Waals surface area (Å²) >= 11 is 0. The maximum absolute atomic E-state index is 9.85. The molecule has 4 nitrogen and oxygen atoms in total. The fourth-order valence-corrected chi connectivity index (χ4v) is 0.575. The van der Waals surface area contributed by atoms with E-state index in [-0.39, 0.29) is 0 Å². The van der Waals surface area contributed by atoms with Gasteiger partial charge in [0.25, 0.3) is 0 Å². The van der Waals surface area contributed by atoms with Crippen LogP contribution in [-0.4, -0.2) is 30.5 Å². The van der Waals surface area contributed by atoms with Crippen LogP contribution in [-0.2, 0) is 4.74 Å². The van der Waals surface area contributed by atoms with E-state index >= 15 is 0 Å². The molecule has 0 aromatic carbocycles. The van der Waals surface area contributed by atoms with E-state index in [1.807, 2.05) is 0 Å². The third-order valence-corrected chi connectivity index (χ3v) is 1.14. The number of nitrogens with one attached hydrogen (secondary N) is 1. The van der Waals surface area contributed by atoms with E-state index in [4.69, 9.17) is 9.84 Å². The molecule has 1 rings (SSSR count). The fraction of sp³-hybridized carbons (Fsp3) is 0.800. The molecule has 9 heavy (non-hydrogen) atoms. The van der Waals surface area contributed by atoms with Gasteiger partial charge in [-0.15, -0.1) is 0 Å². The van der Waals surface area contributed by atoms with Crippen LogP contribution in [0.15, 0.2) is 0 Å². The molecule has 1 saturated heterocycles. The van der Waals surface area contributed by atoms with Gasteiger partial charge in [0.15, 0.2) is 0 Å². The lowest BCUT2D eigenvalue weighted by atomic mass is 10.3. The van der Waals surface area contributed by atoms with Crippen molar-refractivity contribution in [3.05, 3.63) is 0 Å². The summed E-state index contributed by atoms with van der Waals surface area (Å²) in [5.41, 5.74) is 0. The van der Waals surface area contributed by atoms with Crippen molar-refractivity contribution in [1.82, 2.24) is 5.32 Å². The first-order chi connectivity index (χ1) is 4.29. The fourth-order valence-electron chi connectivity index (χ4n) is 0.575. The Hall–Kier alpha value is -0.770. The first kappa shape index (κ1) is 6.35. The minimum atomic E-state index is -0.962. The van der Waals surface area contributed by atoms with E-state index in [0.717, 1.165) is 13.0 Å². The zero-order valence-electron chi connectivity index (χ0n) is 4.96. The Labute approximate surface area is 52.8 Å². The van der Waals surface area contributed by atoms with Gasteiger partial charge in [-0.3, -0.25) is 0 Å². The van der Waals surface area contributed by atoms with Gasteiger partial charge < -0.3 is 15.2 Å². The van der Waals surface area contributed by atoms with Crippen LogP contribution in [0.2, 0.25) is 0 Å². The Morgan fingerprint density at radius 1 is 1.89 bits per heavy atom. The number of carboxylic acid groups (broad SMARTS) is 1. The molecule has 4 heteroatoms. The van der Waals surface area contributed by atoms with E-state index in [2.05, 4.69) is 5.32 Å². The van der Waals surface area contributed by atoms with Crippen LogP contribution < -0.4 is 5.32 Å². The van der Waals surface area contributed by atoms with Crippen LogP contribution in [0.4, 0.5) is 4.79 Å². The number of carbonyl (C=O) groups is 1. The normalized spacial score (nSPS) is 23.3. The SMILES string of the molecule is O=C(O)NCCC1CO1. The highest BCUT2D eigenvalue weighted by molar-refractivity contribution is 5.64. The topological polar surface area (TPSA) is 61.9 Å². The maximum Gasteiger partial charge on any atom is 0.404 e. The third-order valence-electron chi connectivity index (χ3n) is 1.14. The molecule has 0 aliphatic carbocycles. The van der Waals surface area contributed by atoms with Gasteiger partial charge in [-0.2, -0.15) is 0 Å². The summed E-state index contributed by atoms with van der Waals surface area (Å²) in [4.78, 5) is 9.85. The van der Waals surface area contributed by atoms with E-state index < -0.39 is 6.09 Å². The maximum atomic E-state index is 9.85. The molecule has 2 N–H and O–H groups in total. The monoisotopic (exact) mass is 131 g/mol. The highest BCUT2D eigenvalue weighted by atomic mass is 16.6. The molecule has 1 aliphatic rings. The first-order valence-corrected chi connectivity index (χ1v) is 2.87. The van der Waals surface area contributed by atoms with Crippen LogP contribution in [0.1, 0.15) is 6.42 Å². The van der Waals surface area contributed by atoms with Gasteiger partial charge in [-0.05, 0) is 6.42 Å². The smallest absolute Gasteiger partial charge is 0.404 e. The van der Waals surface area contributed by atoms with Crippen LogP contribution in [0, 0.1) is 0 Å². The van der Waals surface area contributed by atoms with Crippen molar-refractivity contribution >= 4 is 6.09 Å². The van der Waals surface area contributed by atoms with Crippen molar-refractivity contribution in [2.75, 3.05) is 13.2 Å². The number of ether oxygens (including phenoxy) is 1. The third kappa shape index (κ3) is 2.92. The molecule has 0 saturated carbocycles. The van der Waals surface area contributed by atoms with Crippen molar-refractivity contribution in [3.63, 3.8) is 0 Å². The van der Waals surface area contributed by atoms with Crippen LogP contribution >= 0.6 is 0 Å². The molecule has 1 aliphatic heterocycles. The molecule has 1 heterocycles. The second-order valence-corrected chi connectivity index (χ2v) is 1.98. The quantitative estimate of drug-likeness (QED) is 0.532. The highest BCUT2D eigenvalue weighted by Gasteiger charge is 2.21. The highest BCUT2D eigenvalue weighted by Crippen LogP contribution is 2.11. The van der Waals surface area contributed by atoms with Crippen molar-refractivity contribution in [1.29, 1.82) is 0 Å². The van der Waals surface area contributed by atoms with E-state index in [0.29, 0.717) is 12.6 Å². The molecule has 0 aromatic heterocycles. The number of hydrogen-bond acceptors (Lipinski definition) is 2. The van der Waals surface area contributed by atoms with Crippen molar-refractivity contribution in [3.8, 4) is 0 Å². The lowest BCUT2D eigenvalue weighted by Crippen LogP contribution is -2.22. The molecular formula is C5H9NO3. The van der Waals surface area contributed by atoms with Gasteiger partial charge in [-0.1, -0.05) is 0 Å². The minimum absolute atomic E-state index is 0.317. The van der Waals surface area contributed by atoms with E-state index in [1.54, 1.807) is 0 Å². The number of rotatable bonds is 3. The molecule has 0 spiro atoms. The Bertz CT molecular complexity index is 111. The molecule has 1 unspecified atom stereocenters. The molecule has 0 aromatic rings. The predicted molar refractivity (Wildman–Crippen MR) is 30.4 cm³/mol. The summed E-state index contributed by atoms with van der Waals surface area (Å²) in [6.07, 6.45) is 0.152. The van der Waals surface area contributed by atoms with Gasteiger partial charge in [-0.25, -0.2) is 4.79 Å². The zero-order chi connectivity index (χ0) is 6.69. The largest absolute Gasteiger partial charge is 0.465 e. The van der Waals surface area contributed by atoms with Crippen LogP contribution in [0.25, 0.3) is 0 Å². The average molecular weight is 131 g/mol. The number of epoxide rings is 1. The molecule has 0 bridgehead atoms. The van der Waals surface area contributed by atoms with Crippen LogP contribution in [0.5, 0.6) is 0 Å². The first-order valence-electron chi connectivity index (χ1n) is 2.87. The van der Waals surface area contributed by atoms with Gasteiger partial charge in [0, 0.05) is 6.54 Å². The molecule has 1 atom stereocenters. The van der Waals surface area contributed by atoms with Gasteiger partial charge in [0.2, 0.25) is 0 Å². The van der Waals surface area contributed by atoms with Gasteiger partial charge >= 0.3 is 6.09 Å². The predicted octanol–water partition coefficient (Wildman–Crippen LogP) is 0.0429. The summed E-state index contributed by atoms with van der Waals surface area (Å²) in [6.45, 7) is 1.29. The second kappa shape index (κ2) is 2.68. The Morgan fingerprint density at radius 3 is 3.00 bits per heavy atom. The summed E-state index contributed by atoms with van der Waals surface area (Å²) in [5.74, 6) is 0. The molecular weight excluding hydrogens is 122 g/mol. The summed E-state index contributed by atoms with van der Waals surface area (Å²) in [7, 11) is 0. The Kier molecular flexibility index (Phi) is 1.89. The Morgan fingerprint density at radius 2 is 2.56 bits per heavy atom. The van der Waals surface area contributed by atoms with Crippen molar-refractivity contribution in [2.24, 2.45) is 0 Å². The van der Waals surface area contributed by atoms with Gasteiger partial charge in [0.05, 0.1) is 12.7 Å². The molecule has 1 fully saturated rings. The second-order valence-electron chi connectivity index (χ2n) is 1.98. The lowest BCUT2D eigenvalue weighted by Gasteiger charge is -1.94. The lowest BCUT2D eigenvalue weighted by molar-refractivity contribution is 0.194. The van der Waals surface area contributed by atoms with Crippen molar-refractivity contribution in [2.45, 2.75) is 12.5 Å². The molecule has 0 radical (unpaired) electrons. The average Bonchev–Trinajstić information content (AvgIpc) is 2.48.